The molecule has 1 aliphatic rings. The number of carbonyl (C=O) groups is 2. The maximum absolute atomic E-state index is 12.7. The molecule has 4 rings (SSSR count). The highest BCUT2D eigenvalue weighted by Crippen LogP contribution is 2.44. The fraction of sp³-hybridized carbons (Fsp3) is 0.423. The number of hydrogen-bond donors (Lipinski definition) is 1. The molecule has 2 heterocycles. The van der Waals surface area contributed by atoms with Crippen molar-refractivity contribution < 1.29 is 23.5 Å². The Kier molecular flexibility index (Phi) is 6.53. The van der Waals surface area contributed by atoms with Gasteiger partial charge in [-0.1, -0.05) is 20.8 Å². The van der Waals surface area contributed by atoms with Crippen molar-refractivity contribution in [1.82, 2.24) is 0 Å². The largest absolute Gasteiger partial charge is 0.484 e. The zero-order valence-electron chi connectivity index (χ0n) is 20.1. The van der Waals surface area contributed by atoms with Gasteiger partial charge in [0.05, 0.1) is 12.7 Å². The van der Waals surface area contributed by atoms with Crippen LogP contribution >= 0.6 is 11.3 Å². The second kappa shape index (κ2) is 9.25. The van der Waals surface area contributed by atoms with Crippen LogP contribution in [0, 0.1) is 18.3 Å². The van der Waals surface area contributed by atoms with E-state index in [1.807, 2.05) is 6.92 Å². The summed E-state index contributed by atoms with van der Waals surface area (Å²) in [6.45, 7) is 8.27. The lowest BCUT2D eigenvalue weighted by atomic mass is 9.72. The van der Waals surface area contributed by atoms with E-state index in [1.165, 1.54) is 24.5 Å². The minimum Gasteiger partial charge on any atom is -0.484 e. The highest BCUT2D eigenvalue weighted by atomic mass is 32.1. The van der Waals surface area contributed by atoms with Crippen LogP contribution in [0.15, 0.2) is 33.5 Å². The molecule has 1 atom stereocenters. The number of fused-ring (bicyclic) bond motifs is 2. The van der Waals surface area contributed by atoms with Crippen molar-refractivity contribution in [3.63, 3.8) is 0 Å². The maximum atomic E-state index is 12.7. The number of methoxy groups -OCH3 is 1. The lowest BCUT2D eigenvalue weighted by Crippen LogP contribution is -2.26. The van der Waals surface area contributed by atoms with E-state index in [-0.39, 0.29) is 17.9 Å². The minimum atomic E-state index is -0.442. The van der Waals surface area contributed by atoms with Crippen molar-refractivity contribution in [1.29, 1.82) is 0 Å². The van der Waals surface area contributed by atoms with Gasteiger partial charge in [0.25, 0.3) is 5.91 Å². The van der Waals surface area contributed by atoms with Crippen molar-refractivity contribution in [2.45, 2.75) is 47.0 Å². The van der Waals surface area contributed by atoms with Gasteiger partial charge in [-0.05, 0) is 60.8 Å². The summed E-state index contributed by atoms with van der Waals surface area (Å²) in [6.07, 6.45) is 2.65. The van der Waals surface area contributed by atoms with Crippen LogP contribution in [-0.4, -0.2) is 25.6 Å². The Morgan fingerprint density at radius 2 is 2.00 bits per heavy atom. The molecule has 8 heteroatoms. The van der Waals surface area contributed by atoms with Gasteiger partial charge in [-0.25, -0.2) is 9.59 Å². The molecule has 0 saturated carbocycles. The van der Waals surface area contributed by atoms with E-state index in [1.54, 1.807) is 18.2 Å². The van der Waals surface area contributed by atoms with Crippen LogP contribution in [0.1, 0.15) is 53.6 Å². The van der Waals surface area contributed by atoms with Gasteiger partial charge in [0.1, 0.15) is 16.3 Å². The summed E-state index contributed by atoms with van der Waals surface area (Å²) < 4.78 is 15.9. The summed E-state index contributed by atoms with van der Waals surface area (Å²) in [5.74, 6) is 0.0838. The van der Waals surface area contributed by atoms with Crippen molar-refractivity contribution in [2.24, 2.45) is 11.3 Å². The monoisotopic (exact) mass is 483 g/mol. The third-order valence-corrected chi connectivity index (χ3v) is 7.60. The second-order valence-corrected chi connectivity index (χ2v) is 10.9. The summed E-state index contributed by atoms with van der Waals surface area (Å²) >= 11 is 1.44. The van der Waals surface area contributed by atoms with Crippen LogP contribution < -0.4 is 15.7 Å². The Bertz CT molecular complexity index is 1310. The third-order valence-electron chi connectivity index (χ3n) is 6.43. The number of esters is 1. The van der Waals surface area contributed by atoms with Crippen molar-refractivity contribution in [2.75, 3.05) is 19.0 Å². The molecule has 0 radical (unpaired) electrons. The van der Waals surface area contributed by atoms with Gasteiger partial charge in [-0.2, -0.15) is 0 Å². The van der Waals surface area contributed by atoms with Gasteiger partial charge in [0.15, 0.2) is 6.61 Å². The van der Waals surface area contributed by atoms with Gasteiger partial charge >= 0.3 is 11.6 Å². The van der Waals surface area contributed by atoms with Crippen molar-refractivity contribution in [3.8, 4) is 5.75 Å². The second-order valence-electron chi connectivity index (χ2n) is 9.75. The SMILES string of the molecule is COC(=O)c1c(NC(=O)COc2ccc3c(C)cc(=O)oc3c2)sc2c1CCC(C(C)(C)C)C2. The van der Waals surface area contributed by atoms with Gasteiger partial charge in [-0.3, -0.25) is 4.79 Å². The predicted octanol–water partition coefficient (Wildman–Crippen LogP) is 5.12. The molecular formula is C26H29NO6S. The summed E-state index contributed by atoms with van der Waals surface area (Å²) in [5.41, 5.74) is 2.36. The summed E-state index contributed by atoms with van der Waals surface area (Å²) in [6, 6.07) is 6.53. The average molecular weight is 484 g/mol. The molecule has 1 N–H and O–H groups in total. The van der Waals surface area contributed by atoms with Crippen LogP contribution in [0.25, 0.3) is 11.0 Å². The Morgan fingerprint density at radius 1 is 1.24 bits per heavy atom. The minimum absolute atomic E-state index is 0.169. The van der Waals surface area contributed by atoms with Crippen LogP contribution in [0.4, 0.5) is 5.00 Å². The first-order valence-electron chi connectivity index (χ1n) is 11.3. The molecule has 2 aromatic heterocycles. The third kappa shape index (κ3) is 4.87. The fourth-order valence-electron chi connectivity index (χ4n) is 4.44. The summed E-state index contributed by atoms with van der Waals surface area (Å²) in [5, 5.41) is 4.15. The number of ether oxygens (including phenoxy) is 2. The number of aryl methyl sites for hydroxylation is 1. The Labute approximate surface area is 202 Å². The van der Waals surface area contributed by atoms with Crippen molar-refractivity contribution in [3.05, 3.63) is 56.3 Å². The number of thiophene rings is 1. The van der Waals surface area contributed by atoms with Gasteiger partial charge in [0, 0.05) is 22.4 Å². The molecular weight excluding hydrogens is 454 g/mol. The highest BCUT2D eigenvalue weighted by molar-refractivity contribution is 7.17. The van der Waals surface area contributed by atoms with Gasteiger partial charge in [-0.15, -0.1) is 11.3 Å². The normalized spacial score (nSPS) is 15.6. The number of nitrogens with one attached hydrogen (secondary N) is 1. The molecule has 3 aromatic rings. The number of anilines is 1. The quantitative estimate of drug-likeness (QED) is 0.400. The van der Waals surface area contributed by atoms with E-state index in [0.717, 1.165) is 40.7 Å². The zero-order valence-corrected chi connectivity index (χ0v) is 20.9. The van der Waals surface area contributed by atoms with E-state index in [0.29, 0.717) is 27.8 Å². The fourth-order valence-corrected chi connectivity index (χ4v) is 5.77. The van der Waals surface area contributed by atoms with E-state index in [4.69, 9.17) is 13.9 Å². The Morgan fingerprint density at radius 3 is 2.71 bits per heavy atom. The number of amides is 1. The lowest BCUT2D eigenvalue weighted by molar-refractivity contribution is -0.118. The molecule has 0 aliphatic heterocycles. The van der Waals surface area contributed by atoms with E-state index in [9.17, 15) is 14.4 Å². The summed E-state index contributed by atoms with van der Waals surface area (Å²) in [4.78, 5) is 38.0. The molecule has 1 amide bonds. The summed E-state index contributed by atoms with van der Waals surface area (Å²) in [7, 11) is 1.35. The first kappa shape index (κ1) is 24.0. The van der Waals surface area contributed by atoms with Crippen LogP contribution in [-0.2, 0) is 22.4 Å². The number of carbonyl (C=O) groups excluding carboxylic acids is 2. The predicted molar refractivity (Wildman–Crippen MR) is 132 cm³/mol. The first-order valence-corrected chi connectivity index (χ1v) is 12.1. The highest BCUT2D eigenvalue weighted by Gasteiger charge is 2.34. The molecule has 1 aromatic carbocycles. The molecule has 7 nitrogen and oxygen atoms in total. The Hall–Kier alpha value is -3.13. The van der Waals surface area contributed by atoms with Crippen LogP contribution in [0.5, 0.6) is 5.75 Å². The van der Waals surface area contributed by atoms with Gasteiger partial charge < -0.3 is 19.2 Å². The Balaban J connectivity index is 1.51. The molecule has 0 spiro atoms. The van der Waals surface area contributed by atoms with Crippen molar-refractivity contribution >= 4 is 39.2 Å². The van der Waals surface area contributed by atoms with E-state index >= 15 is 0 Å². The van der Waals surface area contributed by atoms with E-state index < -0.39 is 11.6 Å². The lowest BCUT2D eigenvalue weighted by Gasteiger charge is -2.33. The first-order chi connectivity index (χ1) is 16.1. The molecule has 180 valence electrons. The number of benzene rings is 1. The average Bonchev–Trinajstić information content (AvgIpc) is 3.13. The number of rotatable bonds is 5. The smallest absolute Gasteiger partial charge is 0.341 e. The maximum Gasteiger partial charge on any atom is 0.341 e. The standard InChI is InChI=1S/C26H29NO6S/c1-14-10-22(29)33-19-12-16(7-9-17(14)19)32-13-21(28)27-24-23(25(30)31-5)18-8-6-15(26(2,3)4)11-20(18)34-24/h7,9-10,12,15H,6,8,11,13H2,1-5H3,(H,27,28). The zero-order chi connectivity index (χ0) is 24.6. The number of hydrogen-bond acceptors (Lipinski definition) is 7. The van der Waals surface area contributed by atoms with Crippen LogP contribution in [0.3, 0.4) is 0 Å². The molecule has 0 saturated heterocycles. The molecule has 0 bridgehead atoms. The molecule has 34 heavy (non-hydrogen) atoms. The molecule has 1 unspecified atom stereocenters. The van der Waals surface area contributed by atoms with Crippen LogP contribution in [0.2, 0.25) is 0 Å². The topological polar surface area (TPSA) is 94.8 Å². The van der Waals surface area contributed by atoms with Gasteiger partial charge in [0.2, 0.25) is 0 Å². The van der Waals surface area contributed by atoms with E-state index in [2.05, 4.69) is 26.1 Å². The molecule has 0 fully saturated rings. The molecule has 1 aliphatic carbocycles.